The van der Waals surface area contributed by atoms with Crippen molar-refractivity contribution in [2.75, 3.05) is 13.2 Å². The van der Waals surface area contributed by atoms with Crippen molar-refractivity contribution in [3.05, 3.63) is 23.5 Å². The molecule has 0 aromatic carbocycles. The van der Waals surface area contributed by atoms with Crippen LogP contribution in [0, 0.1) is 5.92 Å². The molecule has 0 atom stereocenters. The minimum absolute atomic E-state index is 0.0569. The van der Waals surface area contributed by atoms with Crippen LogP contribution in [0.4, 0.5) is 0 Å². The van der Waals surface area contributed by atoms with Crippen LogP contribution in [0.2, 0.25) is 0 Å². The van der Waals surface area contributed by atoms with E-state index in [-0.39, 0.29) is 5.91 Å². The van der Waals surface area contributed by atoms with Gasteiger partial charge in [0.2, 0.25) is 5.91 Å². The molecule has 0 aliphatic heterocycles. The van der Waals surface area contributed by atoms with E-state index < -0.39 is 0 Å². The quantitative estimate of drug-likeness (QED) is 0.853. The second kappa shape index (κ2) is 6.58. The molecular weight excluding hydrogens is 286 g/mol. The van der Waals surface area contributed by atoms with E-state index >= 15 is 0 Å². The number of nitrogens with one attached hydrogen (secondary N) is 1. The van der Waals surface area contributed by atoms with E-state index in [2.05, 4.69) is 10.3 Å². The lowest BCUT2D eigenvalue weighted by molar-refractivity contribution is -0.120. The highest BCUT2D eigenvalue weighted by molar-refractivity contribution is 7.15. The molecule has 0 radical (unpaired) electrons. The molecule has 1 fully saturated rings. The third-order valence-electron chi connectivity index (χ3n) is 3.95. The van der Waals surface area contributed by atoms with Gasteiger partial charge in [0.25, 0.3) is 0 Å². The Morgan fingerprint density at radius 3 is 3.19 bits per heavy atom. The van der Waals surface area contributed by atoms with Crippen molar-refractivity contribution in [2.45, 2.75) is 38.7 Å². The van der Waals surface area contributed by atoms with E-state index in [1.165, 1.54) is 0 Å². The Morgan fingerprint density at radius 1 is 1.57 bits per heavy atom. The van der Waals surface area contributed by atoms with Crippen molar-refractivity contribution in [1.29, 1.82) is 0 Å². The Hall–Kier alpha value is -1.40. The number of aromatic nitrogens is 2. The summed E-state index contributed by atoms with van der Waals surface area (Å²) in [5.74, 6) is 0.765. The van der Waals surface area contributed by atoms with Gasteiger partial charge in [-0.25, -0.2) is 4.98 Å². The fourth-order valence-corrected chi connectivity index (χ4v) is 3.50. The zero-order chi connectivity index (χ0) is 14.7. The first kappa shape index (κ1) is 14.5. The second-order valence-electron chi connectivity index (χ2n) is 5.56. The van der Waals surface area contributed by atoms with E-state index in [0.29, 0.717) is 18.4 Å². The summed E-state index contributed by atoms with van der Waals surface area (Å²) >= 11 is 1.58. The van der Waals surface area contributed by atoms with Crippen molar-refractivity contribution >= 4 is 22.2 Å². The fraction of sp³-hybridized carbons (Fsp3) is 0.600. The van der Waals surface area contributed by atoms with Crippen LogP contribution >= 0.6 is 11.3 Å². The summed E-state index contributed by atoms with van der Waals surface area (Å²) in [4.78, 5) is 17.2. The second-order valence-corrected chi connectivity index (χ2v) is 6.43. The molecule has 2 heterocycles. The van der Waals surface area contributed by atoms with E-state index in [1.54, 1.807) is 11.3 Å². The number of imidazole rings is 1. The zero-order valence-corrected chi connectivity index (χ0v) is 13.1. The molecule has 114 valence electrons. The molecule has 0 saturated heterocycles. The van der Waals surface area contributed by atoms with Crippen LogP contribution in [0.25, 0.3) is 4.96 Å². The molecule has 1 aliphatic carbocycles. The van der Waals surface area contributed by atoms with Crippen molar-refractivity contribution < 1.29 is 9.53 Å². The minimum atomic E-state index is 0.0569. The summed E-state index contributed by atoms with van der Waals surface area (Å²) < 4.78 is 7.49. The molecule has 3 rings (SSSR count). The number of nitrogens with zero attached hydrogens (tertiary/aromatic N) is 2. The first-order valence-corrected chi connectivity index (χ1v) is 8.42. The molecular formula is C15H21N3O2S. The summed E-state index contributed by atoms with van der Waals surface area (Å²) in [5, 5.41) is 4.97. The molecule has 6 heteroatoms. The number of fused-ring (bicyclic) bond motifs is 1. The van der Waals surface area contributed by atoms with Gasteiger partial charge in [-0.2, -0.15) is 0 Å². The number of rotatable bonds is 7. The highest BCUT2D eigenvalue weighted by atomic mass is 32.1. The average Bonchev–Trinajstić information content (AvgIpc) is 2.96. The van der Waals surface area contributed by atoms with E-state index in [4.69, 9.17) is 4.74 Å². The maximum Gasteiger partial charge on any atom is 0.226 e. The van der Waals surface area contributed by atoms with E-state index in [1.807, 2.05) is 29.1 Å². The van der Waals surface area contributed by atoms with Crippen molar-refractivity contribution in [1.82, 2.24) is 14.7 Å². The lowest BCUT2D eigenvalue weighted by atomic mass is 9.80. The molecule has 2 aromatic rings. The van der Waals surface area contributed by atoms with E-state index in [0.717, 1.165) is 43.1 Å². The van der Waals surface area contributed by atoms with Crippen LogP contribution < -0.4 is 5.32 Å². The van der Waals surface area contributed by atoms with Crippen molar-refractivity contribution in [3.63, 3.8) is 0 Å². The average molecular weight is 307 g/mol. The first-order valence-electron chi connectivity index (χ1n) is 7.54. The number of amides is 1. The standard InChI is InChI=1S/C15H21N3O2S/c1-2-20-13-7-11(8-13)3-4-16-14(19)9-12-10-18-5-6-21-15(18)17-12/h5-6,10-11,13H,2-4,7-9H2,1H3,(H,16,19). The fourth-order valence-electron chi connectivity index (χ4n) is 2.79. The SMILES string of the molecule is CCOC1CC(CCNC(=O)Cc2cn3ccsc3n2)C1. The molecule has 0 spiro atoms. The summed E-state index contributed by atoms with van der Waals surface area (Å²) in [6.45, 7) is 3.59. The lowest BCUT2D eigenvalue weighted by Gasteiger charge is -2.34. The smallest absolute Gasteiger partial charge is 0.226 e. The molecule has 0 bridgehead atoms. The number of hydrogen-bond donors (Lipinski definition) is 1. The van der Waals surface area contributed by atoms with Crippen LogP contribution in [-0.2, 0) is 16.0 Å². The minimum Gasteiger partial charge on any atom is -0.378 e. The maximum absolute atomic E-state index is 11.9. The first-order chi connectivity index (χ1) is 10.2. The predicted molar refractivity (Wildman–Crippen MR) is 82.5 cm³/mol. The van der Waals surface area contributed by atoms with Crippen LogP contribution in [0.1, 0.15) is 31.9 Å². The maximum atomic E-state index is 11.9. The summed E-state index contributed by atoms with van der Waals surface area (Å²) in [6, 6.07) is 0. The number of carbonyl (C=O) groups excluding carboxylic acids is 1. The number of hydrogen-bond acceptors (Lipinski definition) is 4. The van der Waals surface area contributed by atoms with Crippen molar-refractivity contribution in [2.24, 2.45) is 5.92 Å². The number of ether oxygens (including phenoxy) is 1. The largest absolute Gasteiger partial charge is 0.378 e. The lowest BCUT2D eigenvalue weighted by Crippen LogP contribution is -2.35. The van der Waals surface area contributed by atoms with Gasteiger partial charge in [-0.3, -0.25) is 9.20 Å². The molecule has 0 unspecified atom stereocenters. The molecule has 5 nitrogen and oxygen atoms in total. The van der Waals surface area contributed by atoms with Gasteiger partial charge in [-0.05, 0) is 32.1 Å². The van der Waals surface area contributed by atoms with Gasteiger partial charge < -0.3 is 10.1 Å². The summed E-state index contributed by atoms with van der Waals surface area (Å²) in [7, 11) is 0. The van der Waals surface area contributed by atoms with Crippen molar-refractivity contribution in [3.8, 4) is 0 Å². The van der Waals surface area contributed by atoms with Crippen LogP contribution in [0.5, 0.6) is 0 Å². The Kier molecular flexibility index (Phi) is 4.55. The van der Waals surface area contributed by atoms with Gasteiger partial charge in [0, 0.05) is 30.9 Å². The molecule has 1 amide bonds. The predicted octanol–water partition coefficient (Wildman–Crippen LogP) is 2.26. The summed E-state index contributed by atoms with van der Waals surface area (Å²) in [5.41, 5.74) is 0.833. The van der Waals surface area contributed by atoms with Crippen LogP contribution in [0.15, 0.2) is 17.8 Å². The monoisotopic (exact) mass is 307 g/mol. The van der Waals surface area contributed by atoms with E-state index in [9.17, 15) is 4.79 Å². The van der Waals surface area contributed by atoms with Gasteiger partial charge in [0.05, 0.1) is 18.2 Å². The number of carbonyl (C=O) groups is 1. The Labute approximate surface area is 128 Å². The van der Waals surface area contributed by atoms with Crippen LogP contribution in [-0.4, -0.2) is 34.5 Å². The molecule has 1 aliphatic rings. The number of thiazole rings is 1. The summed E-state index contributed by atoms with van der Waals surface area (Å²) in [6.07, 6.45) is 8.02. The highest BCUT2D eigenvalue weighted by Gasteiger charge is 2.28. The highest BCUT2D eigenvalue weighted by Crippen LogP contribution is 2.32. The molecule has 1 N–H and O–H groups in total. The van der Waals surface area contributed by atoms with Gasteiger partial charge in [-0.15, -0.1) is 11.3 Å². The molecule has 1 saturated carbocycles. The topological polar surface area (TPSA) is 55.6 Å². The molecule has 2 aromatic heterocycles. The van der Waals surface area contributed by atoms with Gasteiger partial charge >= 0.3 is 0 Å². The normalized spacial score (nSPS) is 21.4. The van der Waals surface area contributed by atoms with Crippen LogP contribution in [0.3, 0.4) is 0 Å². The Balaban J connectivity index is 1.34. The third-order valence-corrected chi connectivity index (χ3v) is 4.73. The van der Waals surface area contributed by atoms with Gasteiger partial charge in [0.1, 0.15) is 0 Å². The Bertz CT molecular complexity index is 572. The Morgan fingerprint density at radius 2 is 2.43 bits per heavy atom. The molecule has 21 heavy (non-hydrogen) atoms. The van der Waals surface area contributed by atoms with Gasteiger partial charge in [-0.1, -0.05) is 0 Å². The van der Waals surface area contributed by atoms with Gasteiger partial charge in [0.15, 0.2) is 4.96 Å². The third kappa shape index (κ3) is 3.63. The zero-order valence-electron chi connectivity index (χ0n) is 12.2.